The predicted octanol–water partition coefficient (Wildman–Crippen LogP) is -1.48. The molecule has 10 heteroatoms. The van der Waals surface area contributed by atoms with E-state index in [-0.39, 0.29) is 13.0 Å². The Kier molecular flexibility index (Phi) is 4.64. The molecule has 2 amide bonds. The highest BCUT2D eigenvalue weighted by molar-refractivity contribution is 5.72. The van der Waals surface area contributed by atoms with E-state index in [2.05, 4.69) is 10.3 Å². The van der Waals surface area contributed by atoms with Gasteiger partial charge in [0.15, 0.2) is 0 Å². The number of hydroxylamine groups is 2. The van der Waals surface area contributed by atoms with Gasteiger partial charge in [0.25, 0.3) is 5.56 Å². The van der Waals surface area contributed by atoms with E-state index in [1.165, 1.54) is 10.8 Å². The van der Waals surface area contributed by atoms with E-state index in [4.69, 9.17) is 9.94 Å². The third-order valence-electron chi connectivity index (χ3n) is 3.48. The summed E-state index contributed by atoms with van der Waals surface area (Å²) in [5, 5.41) is 21.2. The summed E-state index contributed by atoms with van der Waals surface area (Å²) in [6, 6.07) is -1.34. The van der Waals surface area contributed by atoms with Gasteiger partial charge in [0, 0.05) is 25.2 Å². The molecular weight excluding hydrogens is 296 g/mol. The molecule has 10 nitrogen and oxygen atoms in total. The molecule has 1 fully saturated rings. The second-order valence-electron chi connectivity index (χ2n) is 5.11. The summed E-state index contributed by atoms with van der Waals surface area (Å²) in [7, 11) is 1.16. The second-order valence-corrected chi connectivity index (χ2v) is 5.11. The normalized spacial score (nSPS) is 24.3. The van der Waals surface area contributed by atoms with Gasteiger partial charge in [0.2, 0.25) is 0 Å². The van der Waals surface area contributed by atoms with Crippen LogP contribution in [0.1, 0.15) is 18.2 Å². The van der Waals surface area contributed by atoms with Crippen molar-refractivity contribution in [2.45, 2.75) is 31.7 Å². The third-order valence-corrected chi connectivity index (χ3v) is 3.48. The first-order valence-corrected chi connectivity index (χ1v) is 6.65. The van der Waals surface area contributed by atoms with E-state index in [9.17, 15) is 19.5 Å². The number of nitrogens with zero attached hydrogens (tertiary/aromatic N) is 2. The number of urea groups is 1. The van der Waals surface area contributed by atoms with Gasteiger partial charge in [-0.3, -0.25) is 19.6 Å². The number of aliphatic hydroxyl groups is 1. The van der Waals surface area contributed by atoms with Crippen LogP contribution in [0.5, 0.6) is 0 Å². The Morgan fingerprint density at radius 2 is 2.27 bits per heavy atom. The molecule has 0 unspecified atom stereocenters. The van der Waals surface area contributed by atoms with Crippen LogP contribution in [0.15, 0.2) is 15.8 Å². The van der Waals surface area contributed by atoms with Crippen LogP contribution in [0.2, 0.25) is 0 Å². The summed E-state index contributed by atoms with van der Waals surface area (Å²) in [5.41, 5.74) is -0.778. The fourth-order valence-corrected chi connectivity index (χ4v) is 2.27. The minimum Gasteiger partial charge on any atom is -0.394 e. The highest BCUT2D eigenvalue weighted by atomic mass is 16.5. The highest BCUT2D eigenvalue weighted by Crippen LogP contribution is 2.27. The number of ether oxygens (including phenoxy) is 1. The van der Waals surface area contributed by atoms with Crippen LogP contribution in [0.25, 0.3) is 0 Å². The number of carbonyl (C=O) groups excluding carboxylic acids is 1. The van der Waals surface area contributed by atoms with Crippen molar-refractivity contribution >= 4 is 6.03 Å². The van der Waals surface area contributed by atoms with Gasteiger partial charge in [-0.2, -0.15) is 0 Å². The summed E-state index contributed by atoms with van der Waals surface area (Å²) in [6.07, 6.45) is 0.0984. The van der Waals surface area contributed by atoms with Gasteiger partial charge < -0.3 is 15.2 Å². The molecule has 0 saturated carbocycles. The Bertz CT molecular complexity index is 666. The van der Waals surface area contributed by atoms with Crippen molar-refractivity contribution in [1.29, 1.82) is 0 Å². The zero-order chi connectivity index (χ0) is 16.4. The Hall–Kier alpha value is -2.17. The van der Waals surface area contributed by atoms with E-state index < -0.39 is 35.7 Å². The van der Waals surface area contributed by atoms with Crippen molar-refractivity contribution in [2.75, 3.05) is 13.7 Å². The minimum absolute atomic E-state index is 0.205. The summed E-state index contributed by atoms with van der Waals surface area (Å²) in [4.78, 5) is 36.9. The average Bonchev–Trinajstić information content (AvgIpc) is 2.85. The molecule has 22 heavy (non-hydrogen) atoms. The van der Waals surface area contributed by atoms with Gasteiger partial charge in [0.05, 0.1) is 12.6 Å². The molecule has 0 spiro atoms. The molecule has 2 rings (SSSR count). The number of nitrogens with one attached hydrogen (secondary N) is 2. The fraction of sp³-hybridized carbons (Fsp3) is 0.583. The monoisotopic (exact) mass is 314 g/mol. The maximum Gasteiger partial charge on any atom is 0.341 e. The van der Waals surface area contributed by atoms with Crippen LogP contribution in [0.3, 0.4) is 0 Å². The molecule has 4 N–H and O–H groups in total. The molecule has 1 aliphatic heterocycles. The Balaban J connectivity index is 2.22. The third kappa shape index (κ3) is 3.18. The van der Waals surface area contributed by atoms with Gasteiger partial charge in [-0.25, -0.2) is 14.7 Å². The molecular formula is C12H18N4O6. The second kappa shape index (κ2) is 6.30. The topological polar surface area (TPSA) is 137 Å². The zero-order valence-electron chi connectivity index (χ0n) is 12.1. The first-order chi connectivity index (χ1) is 10.3. The van der Waals surface area contributed by atoms with Crippen LogP contribution >= 0.6 is 0 Å². The molecule has 0 bridgehead atoms. The number of hydrogen-bond acceptors (Lipinski definition) is 6. The number of aliphatic hydroxyl groups excluding tert-OH is 1. The average molecular weight is 314 g/mol. The van der Waals surface area contributed by atoms with Crippen molar-refractivity contribution in [3.63, 3.8) is 0 Å². The number of H-pyrrole nitrogens is 1. The SMILES string of the molecule is Cc1cn([C@H]2C[C@H](NC(=O)N(C)O)[C@@H](CO)O2)c(=O)[nH]c1=O. The van der Waals surface area contributed by atoms with E-state index in [1.54, 1.807) is 6.92 Å². The lowest BCUT2D eigenvalue weighted by Gasteiger charge is -2.19. The number of amides is 2. The maximum absolute atomic E-state index is 11.8. The molecule has 1 saturated heterocycles. The zero-order valence-corrected chi connectivity index (χ0v) is 12.1. The molecule has 0 aromatic carbocycles. The summed E-state index contributed by atoms with van der Waals surface area (Å²) in [6.45, 7) is 1.18. The van der Waals surface area contributed by atoms with Gasteiger partial charge in [-0.15, -0.1) is 0 Å². The van der Waals surface area contributed by atoms with Crippen molar-refractivity contribution in [1.82, 2.24) is 19.9 Å². The van der Waals surface area contributed by atoms with Crippen LogP contribution in [0.4, 0.5) is 4.79 Å². The maximum atomic E-state index is 11.8. The predicted molar refractivity (Wildman–Crippen MR) is 73.5 cm³/mol. The minimum atomic E-state index is -0.752. The first-order valence-electron chi connectivity index (χ1n) is 6.65. The first kappa shape index (κ1) is 16.2. The lowest BCUT2D eigenvalue weighted by atomic mass is 10.1. The lowest BCUT2D eigenvalue weighted by molar-refractivity contribution is -0.0343. The molecule has 1 aliphatic rings. The lowest BCUT2D eigenvalue weighted by Crippen LogP contribution is -2.46. The van der Waals surface area contributed by atoms with Gasteiger partial charge in [-0.05, 0) is 6.92 Å². The number of aromatic nitrogens is 2. The van der Waals surface area contributed by atoms with Crippen molar-refractivity contribution in [2.24, 2.45) is 0 Å². The fourth-order valence-electron chi connectivity index (χ4n) is 2.27. The van der Waals surface area contributed by atoms with E-state index in [0.717, 1.165) is 7.05 Å². The number of hydrogen-bond donors (Lipinski definition) is 4. The van der Waals surface area contributed by atoms with E-state index in [0.29, 0.717) is 10.6 Å². The van der Waals surface area contributed by atoms with Crippen LogP contribution in [0, 0.1) is 6.92 Å². The summed E-state index contributed by atoms with van der Waals surface area (Å²) < 4.78 is 6.74. The summed E-state index contributed by atoms with van der Waals surface area (Å²) in [5.74, 6) is 0. The number of aromatic amines is 1. The Morgan fingerprint density at radius 1 is 1.59 bits per heavy atom. The van der Waals surface area contributed by atoms with Gasteiger partial charge in [0.1, 0.15) is 12.3 Å². The Morgan fingerprint density at radius 3 is 2.86 bits per heavy atom. The Labute approximate surface area is 124 Å². The molecule has 3 atom stereocenters. The quantitative estimate of drug-likeness (QED) is 0.397. The molecule has 0 aliphatic carbocycles. The van der Waals surface area contributed by atoms with Crippen LogP contribution in [-0.4, -0.2) is 56.8 Å². The van der Waals surface area contributed by atoms with Crippen molar-refractivity contribution < 1.29 is 19.8 Å². The van der Waals surface area contributed by atoms with Crippen LogP contribution in [-0.2, 0) is 4.74 Å². The molecule has 2 heterocycles. The van der Waals surface area contributed by atoms with E-state index >= 15 is 0 Å². The molecule has 122 valence electrons. The van der Waals surface area contributed by atoms with E-state index in [1.807, 2.05) is 0 Å². The number of aryl methyl sites for hydroxylation is 1. The summed E-state index contributed by atoms with van der Waals surface area (Å²) >= 11 is 0. The molecule has 1 aromatic heterocycles. The van der Waals surface area contributed by atoms with Crippen molar-refractivity contribution in [3.05, 3.63) is 32.6 Å². The van der Waals surface area contributed by atoms with Gasteiger partial charge in [-0.1, -0.05) is 0 Å². The molecule has 1 aromatic rings. The molecule has 0 radical (unpaired) electrons. The number of carbonyl (C=O) groups is 1. The van der Waals surface area contributed by atoms with Gasteiger partial charge >= 0.3 is 11.7 Å². The largest absolute Gasteiger partial charge is 0.394 e. The number of rotatable bonds is 3. The highest BCUT2D eigenvalue weighted by Gasteiger charge is 2.37. The van der Waals surface area contributed by atoms with Crippen LogP contribution < -0.4 is 16.6 Å². The van der Waals surface area contributed by atoms with Crippen molar-refractivity contribution in [3.8, 4) is 0 Å². The standard InChI is InChI=1S/C12H18N4O6/c1-6-4-16(12(20)14-10(6)18)9-3-7(8(5-17)22-9)13-11(19)15(2)21/h4,7-9,17,21H,3,5H2,1-2H3,(H,13,19)(H,14,18,20)/t7-,8+,9+/m0/s1. The smallest absolute Gasteiger partial charge is 0.341 e.